The number of ether oxygens (including phenoxy) is 2. The van der Waals surface area contributed by atoms with Crippen LogP contribution in [0.15, 0.2) is 6.20 Å². The van der Waals surface area contributed by atoms with Crippen LogP contribution < -0.4 is 9.47 Å². The Morgan fingerprint density at radius 1 is 1.47 bits per heavy atom. The fraction of sp³-hybridized carbons (Fsp3) is 0.400. The number of hydrogen-bond acceptors (Lipinski definition) is 4. The van der Waals surface area contributed by atoms with E-state index < -0.39 is 42.6 Å². The Balaban J connectivity index is 3.32. The van der Waals surface area contributed by atoms with Crippen molar-refractivity contribution >= 4 is 5.97 Å². The van der Waals surface area contributed by atoms with E-state index in [2.05, 4.69) is 14.5 Å². The average Bonchev–Trinajstić information content (AvgIpc) is 2.27. The van der Waals surface area contributed by atoms with E-state index in [9.17, 15) is 22.4 Å². The summed E-state index contributed by atoms with van der Waals surface area (Å²) >= 11 is 0. The molecule has 0 amide bonds. The second kappa shape index (κ2) is 5.72. The largest absolute Gasteiger partial charge is 0.573 e. The molecule has 106 valence electrons. The molecule has 1 aromatic heterocycles. The number of carbonyl (C=O) groups is 1. The summed E-state index contributed by atoms with van der Waals surface area (Å²) < 4.78 is 57.7. The molecular weight excluding hydrogens is 274 g/mol. The smallest absolute Gasteiger partial charge is 0.481 e. The van der Waals surface area contributed by atoms with Gasteiger partial charge in [-0.3, -0.25) is 4.79 Å². The van der Waals surface area contributed by atoms with Gasteiger partial charge in [0.15, 0.2) is 5.75 Å². The predicted molar refractivity (Wildman–Crippen MR) is 53.6 cm³/mol. The lowest BCUT2D eigenvalue weighted by Gasteiger charge is -2.16. The highest BCUT2D eigenvalue weighted by Gasteiger charge is 2.35. The molecule has 0 aliphatic rings. The molecule has 1 heterocycles. The maximum Gasteiger partial charge on any atom is 0.573 e. The van der Waals surface area contributed by atoms with E-state index >= 15 is 0 Å². The maximum absolute atomic E-state index is 12.9. The quantitative estimate of drug-likeness (QED) is 0.838. The lowest BCUT2D eigenvalue weighted by atomic mass is 10.1. The van der Waals surface area contributed by atoms with Crippen LogP contribution >= 0.6 is 0 Å². The lowest BCUT2D eigenvalue weighted by Crippen LogP contribution is -2.20. The topological polar surface area (TPSA) is 68.7 Å². The van der Waals surface area contributed by atoms with Crippen LogP contribution in [0.3, 0.4) is 0 Å². The number of carboxylic acid groups (broad SMARTS) is 1. The van der Waals surface area contributed by atoms with E-state index in [-0.39, 0.29) is 5.56 Å². The number of methoxy groups -OCH3 is 1. The second-order valence-electron chi connectivity index (χ2n) is 3.35. The number of halogens is 4. The van der Waals surface area contributed by atoms with Crippen molar-refractivity contribution in [3.05, 3.63) is 17.3 Å². The average molecular weight is 283 g/mol. The van der Waals surface area contributed by atoms with Gasteiger partial charge in [0.05, 0.1) is 13.5 Å². The fourth-order valence-electron chi connectivity index (χ4n) is 1.38. The van der Waals surface area contributed by atoms with Gasteiger partial charge in [-0.05, 0) is 5.56 Å². The minimum Gasteiger partial charge on any atom is -0.481 e. The summed E-state index contributed by atoms with van der Waals surface area (Å²) in [5.41, 5.74) is -0.762. The van der Waals surface area contributed by atoms with Gasteiger partial charge in [0.1, 0.15) is 6.67 Å². The van der Waals surface area contributed by atoms with Crippen molar-refractivity contribution in [1.29, 1.82) is 0 Å². The van der Waals surface area contributed by atoms with E-state index in [4.69, 9.17) is 5.11 Å². The molecule has 1 N–H and O–H groups in total. The summed E-state index contributed by atoms with van der Waals surface area (Å²) in [4.78, 5) is 14.0. The van der Waals surface area contributed by atoms with Crippen molar-refractivity contribution in [3.63, 3.8) is 0 Å². The van der Waals surface area contributed by atoms with Crippen molar-refractivity contribution in [2.75, 3.05) is 7.11 Å². The van der Waals surface area contributed by atoms with Gasteiger partial charge < -0.3 is 14.6 Å². The molecule has 9 heteroatoms. The molecule has 0 aromatic carbocycles. The molecule has 0 unspecified atom stereocenters. The van der Waals surface area contributed by atoms with Crippen LogP contribution in [0.1, 0.15) is 11.1 Å². The molecule has 0 saturated carbocycles. The molecule has 0 aliphatic heterocycles. The number of aliphatic carboxylic acids is 1. The number of hydrogen-bond donors (Lipinski definition) is 1. The molecule has 19 heavy (non-hydrogen) atoms. The number of rotatable bonds is 5. The third-order valence-electron chi connectivity index (χ3n) is 2.08. The number of aromatic nitrogens is 1. The monoisotopic (exact) mass is 283 g/mol. The van der Waals surface area contributed by atoms with Gasteiger partial charge in [-0.15, -0.1) is 13.2 Å². The standard InChI is InChI=1S/C10H9F4NO4/c1-18-9-8(19-10(12,13)14)6(3-11)5(4-15-9)2-7(16)17/h4H,2-3H2,1H3,(H,16,17). The Bertz CT molecular complexity index is 475. The van der Waals surface area contributed by atoms with Crippen molar-refractivity contribution in [1.82, 2.24) is 4.98 Å². The van der Waals surface area contributed by atoms with Crippen LogP contribution in [0.2, 0.25) is 0 Å². The first-order valence-electron chi connectivity index (χ1n) is 4.86. The lowest BCUT2D eigenvalue weighted by molar-refractivity contribution is -0.275. The summed E-state index contributed by atoms with van der Waals surface area (Å²) in [7, 11) is 1.03. The third kappa shape index (κ3) is 3.97. The Labute approximate surface area is 104 Å². The zero-order valence-electron chi connectivity index (χ0n) is 9.62. The number of carboxylic acids is 1. The first-order valence-corrected chi connectivity index (χ1v) is 4.86. The van der Waals surface area contributed by atoms with Gasteiger partial charge in [-0.2, -0.15) is 0 Å². The molecule has 0 spiro atoms. The van der Waals surface area contributed by atoms with Crippen molar-refractivity contribution in [3.8, 4) is 11.6 Å². The first kappa shape index (κ1) is 15.0. The summed E-state index contributed by atoms with van der Waals surface area (Å²) in [6.07, 6.45) is -4.81. The van der Waals surface area contributed by atoms with Gasteiger partial charge in [0.25, 0.3) is 5.88 Å². The molecule has 0 bridgehead atoms. The summed E-state index contributed by atoms with van der Waals surface area (Å²) in [6.45, 7) is -1.34. The third-order valence-corrected chi connectivity index (χ3v) is 2.08. The molecule has 0 saturated heterocycles. The Morgan fingerprint density at radius 2 is 2.11 bits per heavy atom. The summed E-state index contributed by atoms with van der Waals surface area (Å²) in [5.74, 6) is -2.87. The Kier molecular flexibility index (Phi) is 4.52. The van der Waals surface area contributed by atoms with Crippen LogP contribution in [0, 0.1) is 0 Å². The van der Waals surface area contributed by atoms with Gasteiger partial charge in [-0.1, -0.05) is 0 Å². The molecule has 1 aromatic rings. The Morgan fingerprint density at radius 3 is 2.53 bits per heavy atom. The molecule has 0 radical (unpaired) electrons. The van der Waals surface area contributed by atoms with Crippen LogP contribution in [-0.2, 0) is 17.9 Å². The van der Waals surface area contributed by atoms with Crippen molar-refractivity contribution in [2.45, 2.75) is 19.5 Å². The first-order chi connectivity index (χ1) is 8.78. The zero-order valence-corrected chi connectivity index (χ0v) is 9.62. The van der Waals surface area contributed by atoms with Gasteiger partial charge in [0, 0.05) is 11.8 Å². The van der Waals surface area contributed by atoms with Crippen LogP contribution in [-0.4, -0.2) is 29.5 Å². The van der Waals surface area contributed by atoms with E-state index in [1.54, 1.807) is 0 Å². The van der Waals surface area contributed by atoms with Crippen LogP contribution in [0.5, 0.6) is 11.6 Å². The number of alkyl halides is 4. The summed E-state index contributed by atoms with van der Waals surface area (Å²) in [5, 5.41) is 8.59. The van der Waals surface area contributed by atoms with Gasteiger partial charge in [0.2, 0.25) is 0 Å². The number of pyridine rings is 1. The summed E-state index contributed by atoms with van der Waals surface area (Å²) in [6, 6.07) is 0. The maximum atomic E-state index is 12.9. The minimum atomic E-state index is -5.07. The highest BCUT2D eigenvalue weighted by Crippen LogP contribution is 2.36. The highest BCUT2D eigenvalue weighted by atomic mass is 19.4. The molecule has 0 fully saturated rings. The second-order valence-corrected chi connectivity index (χ2v) is 3.35. The SMILES string of the molecule is COc1ncc(CC(=O)O)c(CF)c1OC(F)(F)F. The van der Waals surface area contributed by atoms with E-state index in [0.717, 1.165) is 13.3 Å². The van der Waals surface area contributed by atoms with Gasteiger partial charge in [-0.25, -0.2) is 9.37 Å². The van der Waals surface area contributed by atoms with Crippen LogP contribution in [0.4, 0.5) is 17.6 Å². The van der Waals surface area contributed by atoms with Crippen LogP contribution in [0.25, 0.3) is 0 Å². The zero-order chi connectivity index (χ0) is 14.6. The molecule has 0 aliphatic carbocycles. The molecule has 0 atom stereocenters. The van der Waals surface area contributed by atoms with E-state index in [0.29, 0.717) is 0 Å². The van der Waals surface area contributed by atoms with Gasteiger partial charge >= 0.3 is 12.3 Å². The van der Waals surface area contributed by atoms with E-state index in [1.165, 1.54) is 0 Å². The predicted octanol–water partition coefficient (Wildman–Crippen LogP) is 2.09. The normalized spacial score (nSPS) is 11.2. The molecular formula is C10H9F4NO4. The van der Waals surface area contributed by atoms with E-state index in [1.807, 2.05) is 0 Å². The van der Waals surface area contributed by atoms with Crippen molar-refractivity contribution in [2.24, 2.45) is 0 Å². The molecule has 5 nitrogen and oxygen atoms in total. The minimum absolute atomic E-state index is 0.213. The number of nitrogens with zero attached hydrogens (tertiary/aromatic N) is 1. The molecule has 1 rings (SSSR count). The Hall–Kier alpha value is -2.06. The van der Waals surface area contributed by atoms with Crippen molar-refractivity contribution < 1.29 is 36.9 Å². The highest BCUT2D eigenvalue weighted by molar-refractivity contribution is 5.71. The fourth-order valence-corrected chi connectivity index (χ4v) is 1.38.